The maximum absolute atomic E-state index is 13.4. The lowest BCUT2D eigenvalue weighted by atomic mass is 10.1. The molecule has 0 saturated heterocycles. The molecule has 0 spiro atoms. The highest BCUT2D eigenvalue weighted by molar-refractivity contribution is 6.30. The van der Waals surface area contributed by atoms with Crippen LogP contribution in [0.1, 0.15) is 23.9 Å². The van der Waals surface area contributed by atoms with E-state index in [1.807, 2.05) is 6.07 Å². The summed E-state index contributed by atoms with van der Waals surface area (Å²) in [5, 5.41) is 19.8. The summed E-state index contributed by atoms with van der Waals surface area (Å²) in [7, 11) is 0. The Morgan fingerprint density at radius 2 is 1.93 bits per heavy atom. The molecule has 0 aliphatic carbocycles. The molecule has 0 aliphatic rings. The number of tetrazole rings is 1. The fraction of sp³-hybridized carbons (Fsp3) is 0.222. The molecule has 1 aromatic heterocycles. The van der Waals surface area contributed by atoms with Gasteiger partial charge in [-0.1, -0.05) is 11.6 Å². The van der Waals surface area contributed by atoms with E-state index in [4.69, 9.17) is 26.3 Å². The Hall–Kier alpha value is -3.32. The number of alkyl halides is 3. The Labute approximate surface area is 168 Å². The number of halogens is 4. The fourth-order valence-electron chi connectivity index (χ4n) is 2.51. The minimum atomic E-state index is -4.65. The van der Waals surface area contributed by atoms with Crippen molar-refractivity contribution in [3.63, 3.8) is 0 Å². The number of rotatable bonds is 6. The van der Waals surface area contributed by atoms with Gasteiger partial charge in [-0.25, -0.2) is 0 Å². The number of ether oxygens (including phenoxy) is 2. The van der Waals surface area contributed by atoms with Gasteiger partial charge >= 0.3 is 6.18 Å². The third-order valence-electron chi connectivity index (χ3n) is 3.76. The maximum atomic E-state index is 13.4. The lowest BCUT2D eigenvalue weighted by molar-refractivity contribution is -0.137. The van der Waals surface area contributed by atoms with Gasteiger partial charge in [-0.15, -0.1) is 5.10 Å². The second kappa shape index (κ2) is 8.36. The van der Waals surface area contributed by atoms with E-state index in [1.165, 1.54) is 30.3 Å². The smallest absolute Gasteiger partial charge is 0.418 e. The molecule has 0 saturated carbocycles. The molecule has 0 fully saturated rings. The first-order chi connectivity index (χ1) is 13.8. The van der Waals surface area contributed by atoms with E-state index >= 15 is 0 Å². The van der Waals surface area contributed by atoms with E-state index in [9.17, 15) is 13.2 Å². The SMILES string of the molecule is CCOc1cc(C#N)ccc1OCc1nnnn1-c1ccc(Cl)cc1C(F)(F)F. The van der Waals surface area contributed by atoms with Gasteiger partial charge in [0.25, 0.3) is 0 Å². The number of hydrogen-bond acceptors (Lipinski definition) is 6. The molecule has 11 heteroatoms. The van der Waals surface area contributed by atoms with Gasteiger partial charge in [-0.2, -0.15) is 23.1 Å². The normalized spacial score (nSPS) is 11.2. The van der Waals surface area contributed by atoms with Crippen LogP contribution >= 0.6 is 11.6 Å². The number of nitrogens with zero attached hydrogens (tertiary/aromatic N) is 5. The summed E-state index contributed by atoms with van der Waals surface area (Å²) in [5.41, 5.74) is -0.885. The van der Waals surface area contributed by atoms with Crippen LogP contribution < -0.4 is 9.47 Å². The van der Waals surface area contributed by atoms with Gasteiger partial charge in [-0.05, 0) is 47.7 Å². The van der Waals surface area contributed by atoms with Gasteiger partial charge in [0.2, 0.25) is 0 Å². The van der Waals surface area contributed by atoms with Crippen LogP contribution in [0.5, 0.6) is 11.5 Å². The summed E-state index contributed by atoms with van der Waals surface area (Å²) >= 11 is 5.71. The van der Waals surface area contributed by atoms with Crippen LogP contribution in [0.3, 0.4) is 0 Å². The maximum Gasteiger partial charge on any atom is 0.418 e. The molecule has 29 heavy (non-hydrogen) atoms. The highest BCUT2D eigenvalue weighted by Crippen LogP contribution is 2.36. The molecule has 0 atom stereocenters. The van der Waals surface area contributed by atoms with E-state index in [2.05, 4.69) is 15.5 Å². The number of nitriles is 1. The first-order valence-electron chi connectivity index (χ1n) is 8.27. The average Bonchev–Trinajstić information content (AvgIpc) is 3.15. The van der Waals surface area contributed by atoms with Crippen molar-refractivity contribution in [2.75, 3.05) is 6.61 Å². The number of aromatic nitrogens is 4. The van der Waals surface area contributed by atoms with Gasteiger partial charge in [0.1, 0.15) is 0 Å². The lowest BCUT2D eigenvalue weighted by Crippen LogP contribution is -2.14. The molecule has 3 rings (SSSR count). The van der Waals surface area contributed by atoms with Crippen LogP contribution in [0.2, 0.25) is 5.02 Å². The van der Waals surface area contributed by atoms with Gasteiger partial charge in [0.15, 0.2) is 23.9 Å². The quantitative estimate of drug-likeness (QED) is 0.591. The first kappa shape index (κ1) is 20.4. The Morgan fingerprint density at radius 1 is 1.14 bits per heavy atom. The highest BCUT2D eigenvalue weighted by Gasteiger charge is 2.35. The van der Waals surface area contributed by atoms with Crippen molar-refractivity contribution in [3.05, 3.63) is 58.4 Å². The standard InChI is InChI=1S/C18H13ClF3N5O2/c1-2-28-16-7-11(9-23)3-6-15(16)29-10-17-24-25-26-27(17)14-5-4-12(19)8-13(14)18(20,21)22/h3-8H,2,10H2,1H3. The average molecular weight is 424 g/mol. The molecule has 0 bridgehead atoms. The van der Waals surface area contributed by atoms with E-state index in [1.54, 1.807) is 6.92 Å². The van der Waals surface area contributed by atoms with Crippen molar-refractivity contribution < 1.29 is 22.6 Å². The van der Waals surface area contributed by atoms with Crippen molar-refractivity contribution in [2.45, 2.75) is 19.7 Å². The second-order valence-corrected chi connectivity index (χ2v) is 6.10. The molecule has 1 heterocycles. The zero-order chi connectivity index (χ0) is 21.0. The van der Waals surface area contributed by atoms with Gasteiger partial charge in [0.05, 0.1) is 29.5 Å². The molecule has 7 nitrogen and oxygen atoms in total. The zero-order valence-electron chi connectivity index (χ0n) is 14.9. The van der Waals surface area contributed by atoms with Gasteiger partial charge < -0.3 is 9.47 Å². The summed E-state index contributed by atoms with van der Waals surface area (Å²) < 4.78 is 52.2. The van der Waals surface area contributed by atoms with Crippen LogP contribution in [0, 0.1) is 11.3 Å². The van der Waals surface area contributed by atoms with Crippen molar-refractivity contribution in [1.82, 2.24) is 20.2 Å². The first-order valence-corrected chi connectivity index (χ1v) is 8.65. The molecule has 0 radical (unpaired) electrons. The van der Waals surface area contributed by atoms with E-state index in [0.29, 0.717) is 23.7 Å². The van der Waals surface area contributed by atoms with Crippen molar-refractivity contribution in [1.29, 1.82) is 5.26 Å². The predicted octanol–water partition coefficient (Wildman–Crippen LogP) is 4.18. The van der Waals surface area contributed by atoms with Crippen molar-refractivity contribution in [3.8, 4) is 23.3 Å². The highest BCUT2D eigenvalue weighted by atomic mass is 35.5. The minimum absolute atomic E-state index is 0.0321. The molecule has 150 valence electrons. The number of hydrogen-bond donors (Lipinski definition) is 0. The van der Waals surface area contributed by atoms with E-state index < -0.39 is 11.7 Å². The Morgan fingerprint density at radius 3 is 2.62 bits per heavy atom. The summed E-state index contributed by atoms with van der Waals surface area (Å²) in [5.74, 6) is 0.658. The second-order valence-electron chi connectivity index (χ2n) is 5.66. The van der Waals surface area contributed by atoms with Crippen LogP contribution in [-0.2, 0) is 12.8 Å². The number of benzene rings is 2. The predicted molar refractivity (Wildman–Crippen MR) is 95.8 cm³/mol. The minimum Gasteiger partial charge on any atom is -0.490 e. The molecule has 3 aromatic rings. The summed E-state index contributed by atoms with van der Waals surface area (Å²) in [6, 6.07) is 9.84. The summed E-state index contributed by atoms with van der Waals surface area (Å²) in [6.45, 7) is 1.87. The summed E-state index contributed by atoms with van der Waals surface area (Å²) in [4.78, 5) is 0. The fourth-order valence-corrected chi connectivity index (χ4v) is 2.68. The van der Waals surface area contributed by atoms with Crippen LogP contribution in [0.25, 0.3) is 5.69 Å². The summed E-state index contributed by atoms with van der Waals surface area (Å²) in [6.07, 6.45) is -4.65. The monoisotopic (exact) mass is 423 g/mol. The molecule has 2 aromatic carbocycles. The molecule has 0 aliphatic heterocycles. The van der Waals surface area contributed by atoms with Gasteiger partial charge in [0, 0.05) is 11.1 Å². The topological polar surface area (TPSA) is 85.8 Å². The molecule has 0 unspecified atom stereocenters. The molecular formula is C18H13ClF3N5O2. The van der Waals surface area contributed by atoms with Crippen LogP contribution in [0.15, 0.2) is 36.4 Å². The zero-order valence-corrected chi connectivity index (χ0v) is 15.7. The van der Waals surface area contributed by atoms with E-state index in [-0.39, 0.29) is 23.1 Å². The lowest BCUT2D eigenvalue weighted by Gasteiger charge is -2.15. The third-order valence-corrected chi connectivity index (χ3v) is 3.99. The van der Waals surface area contributed by atoms with Crippen LogP contribution in [-0.4, -0.2) is 26.8 Å². The van der Waals surface area contributed by atoms with Crippen molar-refractivity contribution in [2.24, 2.45) is 0 Å². The molecule has 0 N–H and O–H groups in total. The molecular weight excluding hydrogens is 411 g/mol. The van der Waals surface area contributed by atoms with E-state index in [0.717, 1.165) is 10.7 Å². The van der Waals surface area contributed by atoms with Crippen LogP contribution in [0.4, 0.5) is 13.2 Å². The van der Waals surface area contributed by atoms with Crippen molar-refractivity contribution >= 4 is 11.6 Å². The molecule has 0 amide bonds. The third kappa shape index (κ3) is 4.57. The van der Waals surface area contributed by atoms with Gasteiger partial charge in [-0.3, -0.25) is 0 Å². The Kier molecular flexibility index (Phi) is 5.89. The Bertz CT molecular complexity index is 1060. The Balaban J connectivity index is 1.91. The largest absolute Gasteiger partial charge is 0.490 e.